The Bertz CT molecular complexity index is 1080. The van der Waals surface area contributed by atoms with Crippen molar-refractivity contribution >= 4 is 35.2 Å². The van der Waals surface area contributed by atoms with Gasteiger partial charge < -0.3 is 19.6 Å². The lowest BCUT2D eigenvalue weighted by molar-refractivity contribution is -0.151. The van der Waals surface area contributed by atoms with Gasteiger partial charge >= 0.3 is 5.97 Å². The molecule has 1 spiro atoms. The fourth-order valence-corrected chi connectivity index (χ4v) is 7.83. The normalized spacial score (nSPS) is 32.3. The Kier molecular flexibility index (Phi) is 6.06. The van der Waals surface area contributed by atoms with E-state index in [4.69, 9.17) is 4.74 Å². The highest BCUT2D eigenvalue weighted by molar-refractivity contribution is 8.02. The molecular formula is C26H30N2O5S. The number of unbranched alkanes of at least 4 members (excludes halogenated alkanes) is 1. The van der Waals surface area contributed by atoms with Crippen molar-refractivity contribution in [1.29, 1.82) is 0 Å². The molecule has 5 rings (SSSR count). The molecule has 7 nitrogen and oxygen atoms in total. The molecule has 1 aromatic carbocycles. The number of hydrogen-bond donors (Lipinski definition) is 1. The van der Waals surface area contributed by atoms with Crippen LogP contribution >= 0.6 is 11.8 Å². The van der Waals surface area contributed by atoms with Crippen molar-refractivity contribution in [3.63, 3.8) is 0 Å². The van der Waals surface area contributed by atoms with Crippen molar-refractivity contribution in [2.24, 2.45) is 11.8 Å². The average Bonchev–Trinajstić information content (AvgIpc) is 3.10. The summed E-state index contributed by atoms with van der Waals surface area (Å²) >= 11 is 1.55. The number of aliphatic hydroxyl groups is 1. The Labute approximate surface area is 203 Å². The van der Waals surface area contributed by atoms with Gasteiger partial charge in [0.15, 0.2) is 0 Å². The Morgan fingerprint density at radius 1 is 1.15 bits per heavy atom. The maximum atomic E-state index is 14.3. The van der Waals surface area contributed by atoms with Gasteiger partial charge in [0, 0.05) is 30.6 Å². The number of thioether (sulfide) groups is 1. The van der Waals surface area contributed by atoms with Crippen molar-refractivity contribution in [3.05, 3.63) is 53.6 Å². The molecule has 4 aliphatic rings. The minimum Gasteiger partial charge on any atom is -0.461 e. The second kappa shape index (κ2) is 8.89. The number of nitrogens with zero attached hydrogens (tertiary/aromatic N) is 2. The molecule has 0 aliphatic carbocycles. The van der Waals surface area contributed by atoms with Crippen LogP contribution in [0.5, 0.6) is 0 Å². The van der Waals surface area contributed by atoms with Crippen LogP contribution in [0.1, 0.15) is 24.0 Å². The largest absolute Gasteiger partial charge is 0.461 e. The Morgan fingerprint density at radius 3 is 2.76 bits per heavy atom. The summed E-state index contributed by atoms with van der Waals surface area (Å²) < 4.78 is 4.56. The van der Waals surface area contributed by atoms with Crippen LogP contribution in [0.25, 0.3) is 0 Å². The molecule has 5 atom stereocenters. The van der Waals surface area contributed by atoms with E-state index in [2.05, 4.69) is 0 Å². The number of carbonyl (C=O) groups is 3. The summed E-state index contributed by atoms with van der Waals surface area (Å²) in [4.78, 5) is 44.6. The Morgan fingerprint density at radius 2 is 1.97 bits per heavy atom. The monoisotopic (exact) mass is 482 g/mol. The number of carbonyl (C=O) groups excluding carboxylic acids is 3. The minimum absolute atomic E-state index is 0.0281. The third-order valence-corrected chi connectivity index (χ3v) is 9.12. The zero-order valence-electron chi connectivity index (χ0n) is 19.5. The zero-order chi connectivity index (χ0) is 24.0. The van der Waals surface area contributed by atoms with Crippen LogP contribution in [0.3, 0.4) is 0 Å². The van der Waals surface area contributed by atoms with Crippen molar-refractivity contribution in [2.75, 3.05) is 31.2 Å². The highest BCUT2D eigenvalue weighted by atomic mass is 32.2. The number of fused-ring (bicyclic) bond motifs is 2. The van der Waals surface area contributed by atoms with E-state index in [9.17, 15) is 19.5 Å². The molecule has 1 unspecified atom stereocenters. The smallest absolute Gasteiger partial charge is 0.311 e. The van der Waals surface area contributed by atoms with Gasteiger partial charge in [0.2, 0.25) is 5.91 Å². The van der Waals surface area contributed by atoms with E-state index in [1.807, 2.05) is 56.4 Å². The maximum Gasteiger partial charge on any atom is 0.311 e. The summed E-state index contributed by atoms with van der Waals surface area (Å²) in [6.45, 7) is 4.99. The molecule has 0 bridgehead atoms. The van der Waals surface area contributed by atoms with Crippen molar-refractivity contribution in [3.8, 4) is 0 Å². The zero-order valence-corrected chi connectivity index (χ0v) is 20.3. The molecule has 2 amide bonds. The minimum atomic E-state index is -0.837. The molecule has 0 radical (unpaired) electrons. The van der Waals surface area contributed by atoms with Gasteiger partial charge in [-0.05, 0) is 43.9 Å². The standard InChI is InChI=1S/C26H30N2O5S/c1-16-8-9-17(2)18(15-16)27-12-6-10-26-21(20-19(34-26)7-5-14-33-25(20)32)23(30)28(11-3-4-13-29)22(26)24(27)31/h5-10,15,19-22,29H,3-4,11-14H2,1-2H3/t19-,20+,21-,22?,26-/m0/s1. The van der Waals surface area contributed by atoms with Crippen LogP contribution in [0.15, 0.2) is 42.5 Å². The number of benzene rings is 1. The number of ether oxygens (including phenoxy) is 1. The summed E-state index contributed by atoms with van der Waals surface area (Å²) in [7, 11) is 0. The summed E-state index contributed by atoms with van der Waals surface area (Å²) in [6.07, 6.45) is 8.91. The summed E-state index contributed by atoms with van der Waals surface area (Å²) in [5.74, 6) is -1.94. The van der Waals surface area contributed by atoms with Gasteiger partial charge in [-0.3, -0.25) is 14.4 Å². The third-order valence-electron chi connectivity index (χ3n) is 7.38. The van der Waals surface area contributed by atoms with Gasteiger partial charge in [0.05, 0.1) is 16.6 Å². The molecule has 2 fully saturated rings. The van der Waals surface area contributed by atoms with Gasteiger partial charge in [0.25, 0.3) is 5.91 Å². The first kappa shape index (κ1) is 23.2. The SMILES string of the molecule is Cc1ccc(C)c(N2CC=C[C@]34S[C@H]5C=CCOC(=O)[C@H]5[C@H]3C(=O)N(CCCCO)C4C2=O)c1. The van der Waals surface area contributed by atoms with E-state index in [0.717, 1.165) is 16.8 Å². The number of hydrogen-bond acceptors (Lipinski definition) is 6. The molecule has 4 heterocycles. The first-order chi connectivity index (χ1) is 16.4. The van der Waals surface area contributed by atoms with Crippen molar-refractivity contribution in [1.82, 2.24) is 4.90 Å². The van der Waals surface area contributed by atoms with Gasteiger partial charge in [-0.2, -0.15) is 0 Å². The fraction of sp³-hybridized carbons (Fsp3) is 0.500. The van der Waals surface area contributed by atoms with Gasteiger partial charge in [-0.1, -0.05) is 36.4 Å². The van der Waals surface area contributed by atoms with Crippen LogP contribution in [0, 0.1) is 25.7 Å². The van der Waals surface area contributed by atoms with E-state index in [1.165, 1.54) is 0 Å². The maximum absolute atomic E-state index is 14.3. The second-order valence-electron chi connectivity index (χ2n) is 9.50. The molecular weight excluding hydrogens is 452 g/mol. The molecule has 34 heavy (non-hydrogen) atoms. The first-order valence-corrected chi connectivity index (χ1v) is 12.8. The molecule has 1 N–H and O–H groups in total. The van der Waals surface area contributed by atoms with Crippen LogP contribution in [0.2, 0.25) is 0 Å². The third kappa shape index (κ3) is 3.50. The van der Waals surface area contributed by atoms with Crippen LogP contribution < -0.4 is 4.90 Å². The van der Waals surface area contributed by atoms with Gasteiger partial charge in [-0.15, -0.1) is 11.8 Å². The number of rotatable bonds is 5. The number of cyclic esters (lactones) is 1. The quantitative estimate of drug-likeness (QED) is 0.394. The van der Waals surface area contributed by atoms with E-state index >= 15 is 0 Å². The van der Waals surface area contributed by atoms with Crippen molar-refractivity contribution in [2.45, 2.75) is 42.7 Å². The Hall–Kier alpha value is -2.58. The van der Waals surface area contributed by atoms with Gasteiger partial charge in [-0.25, -0.2) is 0 Å². The molecule has 180 valence electrons. The lowest BCUT2D eigenvalue weighted by atomic mass is 9.78. The van der Waals surface area contributed by atoms with Gasteiger partial charge in [0.1, 0.15) is 12.6 Å². The lowest BCUT2D eigenvalue weighted by Gasteiger charge is -2.35. The molecule has 1 aromatic rings. The van der Waals surface area contributed by atoms with Crippen LogP contribution in [-0.2, 0) is 19.1 Å². The second-order valence-corrected chi connectivity index (χ2v) is 11.0. The van der Waals surface area contributed by atoms with E-state index in [1.54, 1.807) is 21.6 Å². The molecule has 4 aliphatic heterocycles. The first-order valence-electron chi connectivity index (χ1n) is 11.9. The molecule has 0 aromatic heterocycles. The number of esters is 1. The summed E-state index contributed by atoms with van der Waals surface area (Å²) in [6, 6.07) is 5.32. The summed E-state index contributed by atoms with van der Waals surface area (Å²) in [5.41, 5.74) is 2.89. The van der Waals surface area contributed by atoms with Crippen molar-refractivity contribution < 1.29 is 24.2 Å². The predicted octanol–water partition coefficient (Wildman–Crippen LogP) is 2.39. The number of aryl methyl sites for hydroxylation is 2. The van der Waals surface area contributed by atoms with E-state index in [-0.39, 0.29) is 36.2 Å². The molecule has 0 saturated carbocycles. The number of aliphatic hydroxyl groups excluding tert-OH is 1. The highest BCUT2D eigenvalue weighted by Gasteiger charge is 2.71. The predicted molar refractivity (Wildman–Crippen MR) is 130 cm³/mol. The fourth-order valence-electron chi connectivity index (χ4n) is 5.83. The Balaban J connectivity index is 1.61. The van der Waals surface area contributed by atoms with E-state index in [0.29, 0.717) is 25.9 Å². The summed E-state index contributed by atoms with van der Waals surface area (Å²) in [5, 5.41) is 9.09. The molecule has 2 saturated heterocycles. The number of amides is 2. The van der Waals surface area contributed by atoms with E-state index < -0.39 is 22.6 Å². The lowest BCUT2D eigenvalue weighted by Crippen LogP contribution is -2.53. The number of likely N-dealkylation sites (tertiary alicyclic amines) is 1. The average molecular weight is 483 g/mol. The van der Waals surface area contributed by atoms with Crippen LogP contribution in [0.4, 0.5) is 5.69 Å². The molecule has 8 heteroatoms. The highest BCUT2D eigenvalue weighted by Crippen LogP contribution is 2.61. The number of anilines is 1. The topological polar surface area (TPSA) is 87.2 Å². The van der Waals surface area contributed by atoms with Crippen LogP contribution in [-0.4, -0.2) is 70.1 Å².